The van der Waals surface area contributed by atoms with E-state index in [1.807, 2.05) is 18.2 Å². The van der Waals surface area contributed by atoms with E-state index in [9.17, 15) is 4.79 Å². The molecule has 4 nitrogen and oxygen atoms in total. The van der Waals surface area contributed by atoms with Crippen molar-refractivity contribution >= 4 is 11.7 Å². The highest BCUT2D eigenvalue weighted by atomic mass is 16.2. The summed E-state index contributed by atoms with van der Waals surface area (Å²) in [4.78, 5) is 17.2. The summed E-state index contributed by atoms with van der Waals surface area (Å²) in [5, 5.41) is 3.09. The quantitative estimate of drug-likeness (QED) is 0.919. The summed E-state index contributed by atoms with van der Waals surface area (Å²) < 4.78 is 0. The van der Waals surface area contributed by atoms with Crippen LogP contribution in [0.25, 0.3) is 0 Å². The van der Waals surface area contributed by atoms with E-state index in [1.165, 1.54) is 11.1 Å². The summed E-state index contributed by atoms with van der Waals surface area (Å²) in [5.74, 6) is 0. The van der Waals surface area contributed by atoms with Gasteiger partial charge < -0.3 is 10.2 Å². The van der Waals surface area contributed by atoms with Gasteiger partial charge in [-0.15, -0.1) is 0 Å². The molecule has 0 aromatic heterocycles. The van der Waals surface area contributed by atoms with Crippen LogP contribution in [0, 0.1) is 0 Å². The Labute approximate surface area is 150 Å². The van der Waals surface area contributed by atoms with Crippen LogP contribution in [-0.2, 0) is 13.0 Å². The Balaban J connectivity index is 0.00000196. The third-order valence-corrected chi connectivity index (χ3v) is 5.39. The summed E-state index contributed by atoms with van der Waals surface area (Å²) in [6, 6.07) is 19.2. The van der Waals surface area contributed by atoms with E-state index in [0.717, 1.165) is 51.1 Å². The van der Waals surface area contributed by atoms with Crippen LogP contribution >= 0.6 is 0 Å². The monoisotopic (exact) mass is 337 g/mol. The summed E-state index contributed by atoms with van der Waals surface area (Å²) in [7, 11) is 0. The Bertz CT molecular complexity index is 729. The van der Waals surface area contributed by atoms with Crippen molar-refractivity contribution in [1.29, 1.82) is 0 Å². The Morgan fingerprint density at radius 2 is 1.68 bits per heavy atom. The fraction of sp³-hybridized carbons (Fsp3) is 0.381. The predicted molar refractivity (Wildman–Crippen MR) is 103 cm³/mol. The van der Waals surface area contributed by atoms with Crippen LogP contribution in [0.5, 0.6) is 0 Å². The molecule has 25 heavy (non-hydrogen) atoms. The number of carbonyl (C=O) groups is 1. The van der Waals surface area contributed by atoms with Crippen molar-refractivity contribution in [2.75, 3.05) is 25.0 Å². The van der Waals surface area contributed by atoms with Gasteiger partial charge in [0.25, 0.3) is 0 Å². The minimum atomic E-state index is 0. The molecule has 2 heterocycles. The minimum Gasteiger partial charge on any atom is -0.321 e. The lowest BCUT2D eigenvalue weighted by molar-refractivity contribution is 0.125. The van der Waals surface area contributed by atoms with Crippen LogP contribution in [0.1, 0.15) is 25.4 Å². The summed E-state index contributed by atoms with van der Waals surface area (Å²) in [5.41, 5.74) is 3.57. The lowest BCUT2D eigenvalue weighted by Gasteiger charge is -2.38. The smallest absolute Gasteiger partial charge is 0.321 e. The van der Waals surface area contributed by atoms with Gasteiger partial charge in [-0.1, -0.05) is 48.5 Å². The number of anilines is 1. The highest BCUT2D eigenvalue weighted by Crippen LogP contribution is 2.24. The van der Waals surface area contributed by atoms with Crippen LogP contribution < -0.4 is 5.32 Å². The Morgan fingerprint density at radius 3 is 2.48 bits per heavy atom. The molecular formula is C21H27N3O. The first-order valence-corrected chi connectivity index (χ1v) is 9.21. The van der Waals surface area contributed by atoms with Crippen LogP contribution in [-0.4, -0.2) is 41.5 Å². The van der Waals surface area contributed by atoms with Crippen molar-refractivity contribution < 1.29 is 6.22 Å². The number of amides is 2. The average molecular weight is 337 g/mol. The zero-order valence-corrected chi connectivity index (χ0v) is 14.5. The molecule has 2 aliphatic heterocycles. The molecular weight excluding hydrogens is 310 g/mol. The second-order valence-corrected chi connectivity index (χ2v) is 7.02. The van der Waals surface area contributed by atoms with Crippen LogP contribution in [0.3, 0.4) is 0 Å². The molecule has 0 aliphatic carbocycles. The zero-order chi connectivity index (χ0) is 17.1. The molecule has 2 aliphatic rings. The molecule has 0 spiro atoms. The molecule has 4 heteroatoms. The first kappa shape index (κ1) is 16.2. The minimum absolute atomic E-state index is 0. The molecule has 4 rings (SSSR count). The van der Waals surface area contributed by atoms with Gasteiger partial charge in [0.1, 0.15) is 0 Å². The first-order valence-electron chi connectivity index (χ1n) is 9.21. The summed E-state index contributed by atoms with van der Waals surface area (Å²) in [6.07, 6.45) is 3.03. The zero-order valence-electron chi connectivity index (χ0n) is 14.5. The highest BCUT2D eigenvalue weighted by molar-refractivity contribution is 5.91. The molecule has 132 valence electrons. The topological polar surface area (TPSA) is 35.6 Å². The lowest BCUT2D eigenvalue weighted by Crippen LogP contribution is -2.48. The Kier molecular flexibility index (Phi) is 4.70. The highest BCUT2D eigenvalue weighted by Gasteiger charge is 2.29. The molecule has 1 fully saturated rings. The number of nitrogens with one attached hydrogen (secondary N) is 1. The number of para-hydroxylation sites is 1. The van der Waals surface area contributed by atoms with E-state index in [2.05, 4.69) is 51.5 Å². The summed E-state index contributed by atoms with van der Waals surface area (Å²) in [6.45, 7) is 3.92. The van der Waals surface area contributed by atoms with E-state index in [4.69, 9.17) is 0 Å². The van der Waals surface area contributed by atoms with Crippen molar-refractivity contribution in [2.24, 2.45) is 0 Å². The second-order valence-electron chi connectivity index (χ2n) is 7.02. The van der Waals surface area contributed by atoms with Gasteiger partial charge in [-0.05, 0) is 36.5 Å². The maximum atomic E-state index is 12.7. The molecule has 0 atom stereocenters. The number of hydrogen-bond donors (Lipinski definition) is 1. The van der Waals surface area contributed by atoms with Crippen molar-refractivity contribution in [1.82, 2.24) is 9.80 Å². The number of nitrogens with zero attached hydrogens (tertiary/aromatic N) is 2. The molecule has 0 unspecified atom stereocenters. The van der Waals surface area contributed by atoms with E-state index in [-0.39, 0.29) is 7.46 Å². The van der Waals surface area contributed by atoms with Crippen LogP contribution in [0.4, 0.5) is 10.5 Å². The normalized spacial score (nSPS) is 19.2. The largest absolute Gasteiger partial charge is 0.322 e. The van der Waals surface area contributed by atoms with Gasteiger partial charge in [0.15, 0.2) is 0 Å². The van der Waals surface area contributed by atoms with Gasteiger partial charge in [-0.25, -0.2) is 4.79 Å². The number of piperidine rings is 1. The Hall–Kier alpha value is -2.33. The lowest BCUT2D eigenvalue weighted by atomic mass is 10.0. The average Bonchev–Trinajstić information content (AvgIpc) is 2.82. The maximum absolute atomic E-state index is 12.7. The molecule has 0 radical (unpaired) electrons. The van der Waals surface area contributed by atoms with Crippen molar-refractivity contribution in [3.63, 3.8) is 0 Å². The van der Waals surface area contributed by atoms with E-state index in [1.54, 1.807) is 0 Å². The number of benzene rings is 2. The summed E-state index contributed by atoms with van der Waals surface area (Å²) >= 11 is 0. The fourth-order valence-corrected chi connectivity index (χ4v) is 3.97. The van der Waals surface area contributed by atoms with Crippen molar-refractivity contribution in [3.8, 4) is 0 Å². The molecule has 2 amide bonds. The standard InChI is InChI=1S/C21H25N3O.H2/c25-21-22-20-9-5-4-8-18(20)10-15-24(21)19-11-13-23(14-12-19)16-17-6-2-1-3-7-17;/h1-9,19H,10-16H2,(H,22,25);1H. The third-order valence-electron chi connectivity index (χ3n) is 5.39. The molecule has 0 bridgehead atoms. The number of likely N-dealkylation sites (tertiary alicyclic amines) is 1. The molecule has 1 N–H and O–H groups in total. The van der Waals surface area contributed by atoms with Gasteiger partial charge in [-0.2, -0.15) is 0 Å². The molecule has 1 saturated heterocycles. The van der Waals surface area contributed by atoms with Gasteiger partial charge >= 0.3 is 6.03 Å². The first-order chi connectivity index (χ1) is 12.3. The van der Waals surface area contributed by atoms with Crippen molar-refractivity contribution in [2.45, 2.75) is 31.8 Å². The second kappa shape index (κ2) is 7.28. The van der Waals surface area contributed by atoms with E-state index >= 15 is 0 Å². The van der Waals surface area contributed by atoms with Crippen molar-refractivity contribution in [3.05, 3.63) is 65.7 Å². The Morgan fingerprint density at radius 1 is 0.960 bits per heavy atom. The van der Waals surface area contributed by atoms with Gasteiger partial charge in [0.2, 0.25) is 0 Å². The van der Waals surface area contributed by atoms with Gasteiger partial charge in [-0.3, -0.25) is 4.90 Å². The van der Waals surface area contributed by atoms with Gasteiger partial charge in [0, 0.05) is 39.3 Å². The predicted octanol–water partition coefficient (Wildman–Crippen LogP) is 3.99. The molecule has 2 aromatic rings. The third kappa shape index (κ3) is 3.69. The van der Waals surface area contributed by atoms with E-state index in [0.29, 0.717) is 6.04 Å². The number of rotatable bonds is 3. The SMILES string of the molecule is O=C1Nc2ccccc2CCN1C1CCN(Cc2ccccc2)CC1.[HH]. The number of carbonyl (C=O) groups excluding carboxylic acids is 1. The van der Waals surface area contributed by atoms with Crippen LogP contribution in [0.15, 0.2) is 54.6 Å². The fourth-order valence-electron chi connectivity index (χ4n) is 3.97. The number of fused-ring (bicyclic) bond motifs is 1. The number of hydrogen-bond acceptors (Lipinski definition) is 2. The van der Waals surface area contributed by atoms with Gasteiger partial charge in [0.05, 0.1) is 0 Å². The van der Waals surface area contributed by atoms with E-state index < -0.39 is 0 Å². The maximum Gasteiger partial charge on any atom is 0.322 e. The molecule has 2 aromatic carbocycles. The number of urea groups is 1. The van der Waals surface area contributed by atoms with Crippen LogP contribution in [0.2, 0.25) is 0 Å². The molecule has 0 saturated carbocycles.